The van der Waals surface area contributed by atoms with Gasteiger partial charge in [0.25, 0.3) is 0 Å². The fraction of sp³-hybridized carbons (Fsp3) is 0.636. The van der Waals surface area contributed by atoms with Gasteiger partial charge in [0, 0.05) is 12.8 Å². The first-order chi connectivity index (χ1) is 13.0. The first kappa shape index (κ1) is 20.3. The normalized spacial score (nSPS) is 22.2. The Hall–Kier alpha value is -1.41. The van der Waals surface area contributed by atoms with E-state index in [-0.39, 0.29) is 7.92 Å². The summed E-state index contributed by atoms with van der Waals surface area (Å²) < 4.78 is 11.7. The quantitative estimate of drug-likeness (QED) is 0.586. The molecule has 0 aliphatic carbocycles. The van der Waals surface area contributed by atoms with Gasteiger partial charge in [0.15, 0.2) is 11.8 Å². The molecule has 0 saturated carbocycles. The SMILES string of the molecule is CC(C)[C@H]1COC(CCP(CCC2=N[C@@H](C(C)C)CO2)c2ccccc2)=N1. The first-order valence-corrected chi connectivity index (χ1v) is 11.9. The van der Waals surface area contributed by atoms with E-state index < -0.39 is 0 Å². The molecule has 0 fully saturated rings. The highest BCUT2D eigenvalue weighted by Gasteiger charge is 2.24. The molecule has 0 saturated heterocycles. The van der Waals surface area contributed by atoms with Crippen LogP contribution >= 0.6 is 7.92 Å². The van der Waals surface area contributed by atoms with Crippen molar-refractivity contribution in [2.24, 2.45) is 21.8 Å². The van der Waals surface area contributed by atoms with Crippen molar-refractivity contribution in [2.45, 2.75) is 52.6 Å². The third-order valence-electron chi connectivity index (χ3n) is 5.31. The Labute approximate surface area is 165 Å². The molecule has 0 aromatic heterocycles. The summed E-state index contributed by atoms with van der Waals surface area (Å²) in [5, 5.41) is 1.45. The first-order valence-electron chi connectivity index (χ1n) is 10.2. The summed E-state index contributed by atoms with van der Waals surface area (Å²) in [7, 11) is -0.269. The molecular weight excluding hydrogens is 355 g/mol. The summed E-state index contributed by atoms with van der Waals surface area (Å²) in [6.07, 6.45) is 4.10. The Balaban J connectivity index is 1.59. The van der Waals surface area contributed by atoms with Gasteiger partial charge in [-0.2, -0.15) is 0 Å². The van der Waals surface area contributed by atoms with E-state index in [0.29, 0.717) is 23.9 Å². The van der Waals surface area contributed by atoms with Crippen LogP contribution in [0.3, 0.4) is 0 Å². The number of rotatable bonds is 9. The van der Waals surface area contributed by atoms with Gasteiger partial charge in [0.2, 0.25) is 0 Å². The van der Waals surface area contributed by atoms with Gasteiger partial charge >= 0.3 is 0 Å². The molecule has 3 rings (SSSR count). The molecule has 2 aliphatic rings. The summed E-state index contributed by atoms with van der Waals surface area (Å²) in [6.45, 7) is 10.3. The minimum Gasteiger partial charge on any atom is -0.479 e. The molecule has 1 aromatic carbocycles. The van der Waals surface area contributed by atoms with Crippen molar-refractivity contribution in [2.75, 3.05) is 25.5 Å². The van der Waals surface area contributed by atoms with E-state index in [2.05, 4.69) is 58.0 Å². The molecule has 2 heterocycles. The Kier molecular flexibility index (Phi) is 7.29. The zero-order chi connectivity index (χ0) is 19.2. The fourth-order valence-corrected chi connectivity index (χ4v) is 5.56. The number of nitrogens with zero attached hydrogens (tertiary/aromatic N) is 2. The molecule has 148 valence electrons. The van der Waals surface area contributed by atoms with Gasteiger partial charge < -0.3 is 9.47 Å². The molecule has 0 N–H and O–H groups in total. The van der Waals surface area contributed by atoms with Crippen LogP contribution in [0.25, 0.3) is 0 Å². The molecule has 4 nitrogen and oxygen atoms in total. The van der Waals surface area contributed by atoms with E-state index in [0.717, 1.165) is 50.2 Å². The largest absolute Gasteiger partial charge is 0.479 e. The van der Waals surface area contributed by atoms with Crippen molar-refractivity contribution >= 4 is 25.0 Å². The monoisotopic (exact) mass is 388 g/mol. The highest BCUT2D eigenvalue weighted by Crippen LogP contribution is 2.37. The number of aliphatic imine (C=N–C) groups is 2. The fourth-order valence-electron chi connectivity index (χ4n) is 3.31. The molecule has 0 bridgehead atoms. The van der Waals surface area contributed by atoms with Crippen LogP contribution in [0.5, 0.6) is 0 Å². The lowest BCUT2D eigenvalue weighted by Gasteiger charge is -2.18. The molecular formula is C22H33N2O2P. The summed E-state index contributed by atoms with van der Waals surface area (Å²) in [5.74, 6) is 2.99. The Bertz CT molecular complexity index is 620. The lowest BCUT2D eigenvalue weighted by molar-refractivity contribution is 0.287. The van der Waals surface area contributed by atoms with Crippen LogP contribution in [0.1, 0.15) is 40.5 Å². The van der Waals surface area contributed by atoms with Crippen LogP contribution < -0.4 is 5.30 Å². The molecule has 0 unspecified atom stereocenters. The average molecular weight is 388 g/mol. The Morgan fingerprint density at radius 3 is 1.74 bits per heavy atom. The van der Waals surface area contributed by atoms with Crippen LogP contribution in [-0.2, 0) is 9.47 Å². The summed E-state index contributed by atoms with van der Waals surface area (Å²) >= 11 is 0. The highest BCUT2D eigenvalue weighted by atomic mass is 31.1. The molecule has 0 radical (unpaired) electrons. The zero-order valence-corrected chi connectivity index (χ0v) is 18.0. The van der Waals surface area contributed by atoms with E-state index in [9.17, 15) is 0 Å². The molecule has 0 spiro atoms. The van der Waals surface area contributed by atoms with E-state index in [4.69, 9.17) is 19.5 Å². The standard InChI is InChI=1S/C22H33N2O2P/c1-16(2)19-14-25-21(23-19)10-12-27(18-8-6-5-7-9-18)13-11-22-24-20(15-26-22)17(3)4/h5-9,16-17,19-20H,10-15H2,1-4H3/t19-,20-/m1/s1. The van der Waals surface area contributed by atoms with Gasteiger partial charge in [-0.1, -0.05) is 65.9 Å². The van der Waals surface area contributed by atoms with Gasteiger partial charge in [-0.3, -0.25) is 0 Å². The maximum absolute atomic E-state index is 5.84. The predicted molar refractivity (Wildman–Crippen MR) is 116 cm³/mol. The van der Waals surface area contributed by atoms with Gasteiger partial charge in [-0.05, 0) is 29.5 Å². The predicted octanol–water partition coefficient (Wildman–Crippen LogP) is 4.48. The Morgan fingerprint density at radius 1 is 0.852 bits per heavy atom. The third kappa shape index (κ3) is 5.78. The minimum absolute atomic E-state index is 0.269. The van der Waals surface area contributed by atoms with E-state index in [1.807, 2.05) is 0 Å². The summed E-state index contributed by atoms with van der Waals surface area (Å²) in [4.78, 5) is 9.55. The van der Waals surface area contributed by atoms with Crippen molar-refractivity contribution in [1.29, 1.82) is 0 Å². The average Bonchev–Trinajstić information content (AvgIpc) is 3.32. The second-order valence-electron chi connectivity index (χ2n) is 8.11. The van der Waals surface area contributed by atoms with E-state index in [1.54, 1.807) is 0 Å². The summed E-state index contributed by atoms with van der Waals surface area (Å²) in [6, 6.07) is 11.5. The second kappa shape index (κ2) is 9.68. The van der Waals surface area contributed by atoms with E-state index >= 15 is 0 Å². The van der Waals surface area contributed by atoms with Crippen LogP contribution in [0.4, 0.5) is 0 Å². The van der Waals surface area contributed by atoms with Crippen LogP contribution in [0.15, 0.2) is 40.3 Å². The third-order valence-corrected chi connectivity index (χ3v) is 7.87. The Morgan fingerprint density at radius 2 is 1.33 bits per heavy atom. The van der Waals surface area contributed by atoms with Gasteiger partial charge in [0.05, 0.1) is 12.1 Å². The molecule has 2 atom stereocenters. The lowest BCUT2D eigenvalue weighted by atomic mass is 10.1. The lowest BCUT2D eigenvalue weighted by Crippen LogP contribution is -2.13. The zero-order valence-electron chi connectivity index (χ0n) is 17.1. The summed E-state index contributed by atoms with van der Waals surface area (Å²) in [5.41, 5.74) is 0. The number of benzene rings is 1. The number of ether oxygens (including phenoxy) is 2. The van der Waals surface area contributed by atoms with Gasteiger partial charge in [-0.25, -0.2) is 9.98 Å². The van der Waals surface area contributed by atoms with E-state index in [1.165, 1.54) is 5.30 Å². The van der Waals surface area contributed by atoms with Crippen LogP contribution in [0, 0.1) is 11.8 Å². The van der Waals surface area contributed by atoms with Crippen molar-refractivity contribution < 1.29 is 9.47 Å². The van der Waals surface area contributed by atoms with Crippen molar-refractivity contribution in [3.8, 4) is 0 Å². The van der Waals surface area contributed by atoms with Crippen molar-refractivity contribution in [1.82, 2.24) is 0 Å². The molecule has 5 heteroatoms. The maximum Gasteiger partial charge on any atom is 0.184 e. The molecule has 27 heavy (non-hydrogen) atoms. The topological polar surface area (TPSA) is 43.2 Å². The molecule has 0 amide bonds. The van der Waals surface area contributed by atoms with Crippen molar-refractivity contribution in [3.63, 3.8) is 0 Å². The van der Waals surface area contributed by atoms with Crippen molar-refractivity contribution in [3.05, 3.63) is 30.3 Å². The van der Waals surface area contributed by atoms with Crippen LogP contribution in [0.2, 0.25) is 0 Å². The smallest absolute Gasteiger partial charge is 0.184 e. The van der Waals surface area contributed by atoms with Gasteiger partial charge in [-0.15, -0.1) is 0 Å². The maximum atomic E-state index is 5.84. The van der Waals surface area contributed by atoms with Crippen LogP contribution in [-0.4, -0.2) is 49.4 Å². The van der Waals surface area contributed by atoms with Gasteiger partial charge in [0.1, 0.15) is 13.2 Å². The number of hydrogen-bond donors (Lipinski definition) is 0. The minimum atomic E-state index is -0.269. The second-order valence-corrected chi connectivity index (χ2v) is 10.6. The molecule has 2 aliphatic heterocycles. The number of hydrogen-bond acceptors (Lipinski definition) is 4. The highest BCUT2D eigenvalue weighted by molar-refractivity contribution is 7.65. The molecule has 1 aromatic rings.